The summed E-state index contributed by atoms with van der Waals surface area (Å²) in [5.74, 6) is 0.261. The molecule has 194 valence electrons. The number of piperidine rings is 1. The van der Waals surface area contributed by atoms with Crippen molar-refractivity contribution in [1.82, 2.24) is 14.9 Å². The summed E-state index contributed by atoms with van der Waals surface area (Å²) in [6, 6.07) is 20.9. The van der Waals surface area contributed by atoms with Crippen LogP contribution in [-0.2, 0) is 0 Å². The van der Waals surface area contributed by atoms with Crippen molar-refractivity contribution in [2.24, 2.45) is 0 Å². The standard InChI is InChI=1S/C29H28BrN5O3/c30-20-7-6-8-21(18-20)35-26(22-9-2-3-10-23(22)27(35)36)19-11-12-24-25(17-19)32-28(31-24)34(29(37)38)16-15-33-13-4-1-5-14-33/h2-3,6-12,17-18,26H,1,4-5,13-16H2,(H,31,32)(H,37,38). The van der Waals surface area contributed by atoms with Crippen LogP contribution in [0.4, 0.5) is 16.4 Å². The maximum absolute atomic E-state index is 13.5. The Hall–Kier alpha value is -3.69. The first-order valence-electron chi connectivity index (χ1n) is 12.9. The number of aromatic nitrogens is 2. The Morgan fingerprint density at radius 3 is 2.66 bits per heavy atom. The maximum Gasteiger partial charge on any atom is 0.414 e. The van der Waals surface area contributed by atoms with Gasteiger partial charge in [-0.1, -0.05) is 52.7 Å². The summed E-state index contributed by atoms with van der Waals surface area (Å²) >= 11 is 3.53. The van der Waals surface area contributed by atoms with Gasteiger partial charge in [0.15, 0.2) is 0 Å². The van der Waals surface area contributed by atoms with Crippen molar-refractivity contribution >= 4 is 50.6 Å². The number of likely N-dealkylation sites (tertiary alicyclic amines) is 1. The highest BCUT2D eigenvalue weighted by Crippen LogP contribution is 2.42. The van der Waals surface area contributed by atoms with E-state index < -0.39 is 6.09 Å². The largest absolute Gasteiger partial charge is 0.465 e. The van der Waals surface area contributed by atoms with E-state index in [4.69, 9.17) is 0 Å². The van der Waals surface area contributed by atoms with Gasteiger partial charge in [-0.05, 0) is 73.5 Å². The molecule has 0 aliphatic carbocycles. The van der Waals surface area contributed by atoms with Gasteiger partial charge in [0.05, 0.1) is 17.1 Å². The molecule has 0 spiro atoms. The fraction of sp³-hybridized carbons (Fsp3) is 0.276. The summed E-state index contributed by atoms with van der Waals surface area (Å²) in [7, 11) is 0. The second-order valence-electron chi connectivity index (χ2n) is 9.82. The molecule has 3 aromatic carbocycles. The van der Waals surface area contributed by atoms with E-state index >= 15 is 0 Å². The Balaban J connectivity index is 1.35. The number of anilines is 2. The van der Waals surface area contributed by atoms with Crippen LogP contribution >= 0.6 is 15.9 Å². The smallest absolute Gasteiger partial charge is 0.414 e. The van der Waals surface area contributed by atoms with E-state index in [0.717, 1.165) is 52.7 Å². The number of imidazole rings is 1. The zero-order chi connectivity index (χ0) is 26.2. The van der Waals surface area contributed by atoms with Crippen LogP contribution < -0.4 is 9.80 Å². The number of hydrogen-bond acceptors (Lipinski definition) is 4. The van der Waals surface area contributed by atoms with Crippen molar-refractivity contribution in [2.75, 3.05) is 36.0 Å². The quantitative estimate of drug-likeness (QED) is 0.293. The van der Waals surface area contributed by atoms with Crippen molar-refractivity contribution in [3.63, 3.8) is 0 Å². The number of amides is 2. The molecule has 0 saturated carbocycles. The maximum atomic E-state index is 13.5. The number of aromatic amines is 1. The van der Waals surface area contributed by atoms with Crippen LogP contribution in [0.2, 0.25) is 0 Å². The number of halogens is 1. The van der Waals surface area contributed by atoms with Gasteiger partial charge in [-0.2, -0.15) is 0 Å². The predicted molar refractivity (Wildman–Crippen MR) is 151 cm³/mol. The molecule has 2 aliphatic heterocycles. The topological polar surface area (TPSA) is 92.8 Å². The first-order chi connectivity index (χ1) is 18.5. The highest BCUT2D eigenvalue weighted by Gasteiger charge is 2.38. The number of hydrogen-bond donors (Lipinski definition) is 2. The van der Waals surface area contributed by atoms with Crippen molar-refractivity contribution in [2.45, 2.75) is 25.3 Å². The molecular formula is C29H28BrN5O3. The summed E-state index contributed by atoms with van der Waals surface area (Å²) in [6.45, 7) is 3.04. The molecule has 1 saturated heterocycles. The fourth-order valence-electron chi connectivity index (χ4n) is 5.57. The van der Waals surface area contributed by atoms with Gasteiger partial charge in [0.25, 0.3) is 5.91 Å². The van der Waals surface area contributed by atoms with Crippen molar-refractivity contribution in [3.05, 3.63) is 87.9 Å². The van der Waals surface area contributed by atoms with Crippen LogP contribution in [0.15, 0.2) is 71.2 Å². The van der Waals surface area contributed by atoms with E-state index in [1.165, 1.54) is 11.3 Å². The van der Waals surface area contributed by atoms with E-state index in [9.17, 15) is 14.7 Å². The SMILES string of the molecule is O=C(O)N(CCN1CCCCC1)c1nc2ccc(C3c4ccccc4C(=O)N3c3cccc(Br)c3)cc2[nH]1. The predicted octanol–water partition coefficient (Wildman–Crippen LogP) is 6.05. The first-order valence-corrected chi connectivity index (χ1v) is 13.7. The first kappa shape index (κ1) is 24.6. The van der Waals surface area contributed by atoms with Gasteiger partial charge in [0.1, 0.15) is 0 Å². The van der Waals surface area contributed by atoms with Crippen molar-refractivity contribution in [3.8, 4) is 0 Å². The fourth-order valence-corrected chi connectivity index (χ4v) is 5.95. The number of nitrogens with one attached hydrogen (secondary N) is 1. The zero-order valence-corrected chi connectivity index (χ0v) is 22.4. The Labute approximate surface area is 229 Å². The van der Waals surface area contributed by atoms with E-state index in [1.54, 1.807) is 0 Å². The lowest BCUT2D eigenvalue weighted by Gasteiger charge is -2.28. The average Bonchev–Trinajstić information content (AvgIpc) is 3.47. The molecule has 8 nitrogen and oxygen atoms in total. The summed E-state index contributed by atoms with van der Waals surface area (Å²) in [5, 5.41) is 9.93. The zero-order valence-electron chi connectivity index (χ0n) is 20.8. The highest BCUT2D eigenvalue weighted by atomic mass is 79.9. The number of fused-ring (bicyclic) bond motifs is 2. The van der Waals surface area contributed by atoms with Gasteiger partial charge in [-0.25, -0.2) is 14.7 Å². The van der Waals surface area contributed by atoms with E-state index in [-0.39, 0.29) is 11.9 Å². The molecule has 3 heterocycles. The van der Waals surface area contributed by atoms with Gasteiger partial charge in [0, 0.05) is 28.8 Å². The van der Waals surface area contributed by atoms with Crippen LogP contribution in [0, 0.1) is 0 Å². The number of H-pyrrole nitrogens is 1. The van der Waals surface area contributed by atoms with Gasteiger partial charge in [-0.15, -0.1) is 0 Å². The third-order valence-corrected chi connectivity index (χ3v) is 7.93. The number of benzene rings is 3. The number of carbonyl (C=O) groups is 2. The molecule has 2 amide bonds. The molecule has 0 bridgehead atoms. The van der Waals surface area contributed by atoms with Crippen LogP contribution in [-0.4, -0.2) is 58.2 Å². The lowest BCUT2D eigenvalue weighted by Crippen LogP contribution is -2.40. The third kappa shape index (κ3) is 4.56. The van der Waals surface area contributed by atoms with Crippen molar-refractivity contribution in [1.29, 1.82) is 0 Å². The Bertz CT molecular complexity index is 1510. The van der Waals surface area contributed by atoms with Gasteiger partial charge < -0.3 is 15.0 Å². The molecule has 9 heteroatoms. The number of nitrogens with zero attached hydrogens (tertiary/aromatic N) is 4. The van der Waals surface area contributed by atoms with Crippen LogP contribution in [0.1, 0.15) is 46.8 Å². The molecular weight excluding hydrogens is 546 g/mol. The molecule has 1 atom stereocenters. The van der Waals surface area contributed by atoms with Gasteiger partial charge in [0.2, 0.25) is 5.95 Å². The minimum Gasteiger partial charge on any atom is -0.465 e. The molecule has 1 aromatic heterocycles. The van der Waals surface area contributed by atoms with Crippen molar-refractivity contribution < 1.29 is 14.7 Å². The molecule has 4 aromatic rings. The Morgan fingerprint density at radius 1 is 1.05 bits per heavy atom. The summed E-state index contributed by atoms with van der Waals surface area (Å²) < 4.78 is 0.893. The van der Waals surface area contributed by atoms with E-state index in [0.29, 0.717) is 30.1 Å². The lowest BCUT2D eigenvalue weighted by atomic mass is 9.97. The minimum absolute atomic E-state index is 0.0520. The summed E-state index contributed by atoms with van der Waals surface area (Å²) in [5.41, 5.74) is 4.74. The van der Waals surface area contributed by atoms with Gasteiger partial charge in [-0.3, -0.25) is 9.69 Å². The lowest BCUT2D eigenvalue weighted by molar-refractivity contribution is 0.0993. The molecule has 0 radical (unpaired) electrons. The molecule has 1 unspecified atom stereocenters. The molecule has 6 rings (SSSR count). The van der Waals surface area contributed by atoms with E-state index in [1.807, 2.05) is 71.6 Å². The Morgan fingerprint density at radius 2 is 1.87 bits per heavy atom. The molecule has 2 N–H and O–H groups in total. The molecule has 2 aliphatic rings. The number of carboxylic acid groups (broad SMARTS) is 1. The monoisotopic (exact) mass is 573 g/mol. The molecule has 38 heavy (non-hydrogen) atoms. The second kappa shape index (κ2) is 10.2. The van der Waals surface area contributed by atoms with Gasteiger partial charge >= 0.3 is 6.09 Å². The van der Waals surface area contributed by atoms with E-state index in [2.05, 4.69) is 30.8 Å². The minimum atomic E-state index is -1.03. The number of carbonyl (C=O) groups excluding carboxylic acids is 1. The third-order valence-electron chi connectivity index (χ3n) is 7.43. The number of rotatable bonds is 6. The normalized spacial score (nSPS) is 17.7. The van der Waals surface area contributed by atoms with Crippen LogP contribution in [0.25, 0.3) is 11.0 Å². The molecule has 1 fully saturated rings. The summed E-state index contributed by atoms with van der Waals surface area (Å²) in [6.07, 6.45) is 2.52. The van der Waals surface area contributed by atoms with Crippen LogP contribution in [0.3, 0.4) is 0 Å². The summed E-state index contributed by atoms with van der Waals surface area (Å²) in [4.78, 5) is 38.9. The second-order valence-corrected chi connectivity index (χ2v) is 10.7. The van der Waals surface area contributed by atoms with Crippen LogP contribution in [0.5, 0.6) is 0 Å². The average molecular weight is 574 g/mol. The highest BCUT2D eigenvalue weighted by molar-refractivity contribution is 9.10. The Kier molecular flexibility index (Phi) is 6.63.